The number of aryl methyl sites for hydroxylation is 1. The minimum Gasteiger partial charge on any atom is -0.466 e. The molecule has 6 nitrogen and oxygen atoms in total. The molecule has 7 heteroatoms. The number of thioether (sulfide) groups is 1. The van der Waals surface area contributed by atoms with Crippen LogP contribution in [0.2, 0.25) is 0 Å². The van der Waals surface area contributed by atoms with Gasteiger partial charge in [-0.1, -0.05) is 11.8 Å². The summed E-state index contributed by atoms with van der Waals surface area (Å²) in [5.41, 5.74) is 2.10. The normalized spacial score (nSPS) is 16.1. The molecule has 0 unspecified atom stereocenters. The molecular formula is C15H16N2O4S. The van der Waals surface area contributed by atoms with Crippen LogP contribution in [0.3, 0.4) is 0 Å². The van der Waals surface area contributed by atoms with E-state index in [0.29, 0.717) is 10.7 Å². The number of nitrogens with zero attached hydrogens (tertiary/aromatic N) is 2. The lowest BCUT2D eigenvalue weighted by atomic mass is 10.2. The van der Waals surface area contributed by atoms with Crippen LogP contribution in [0.15, 0.2) is 29.3 Å². The number of hydrogen-bond donors (Lipinski definition) is 0. The standard InChI is InChI=1S/C15H16N2O4S/c1-9-7-17-10(2)8-22-13(14(17)16-9)11(15(19)21-4)5-6-12(18)20-3/h5-8H,1-4H3/b6-5+,13-11-. The molecule has 116 valence electrons. The summed E-state index contributed by atoms with van der Waals surface area (Å²) >= 11 is 1.37. The van der Waals surface area contributed by atoms with Crippen molar-refractivity contribution in [2.45, 2.75) is 13.8 Å². The Kier molecular flexibility index (Phi) is 4.87. The Morgan fingerprint density at radius 3 is 2.59 bits per heavy atom. The second-order valence-electron chi connectivity index (χ2n) is 4.54. The highest BCUT2D eigenvalue weighted by Crippen LogP contribution is 2.38. The Hall–Kier alpha value is -2.28. The Morgan fingerprint density at radius 1 is 1.23 bits per heavy atom. The minimum absolute atomic E-state index is 0.258. The van der Waals surface area contributed by atoms with Crippen LogP contribution < -0.4 is 0 Å². The van der Waals surface area contributed by atoms with Crippen molar-refractivity contribution in [2.75, 3.05) is 14.2 Å². The molecule has 0 N–H and O–H groups in total. The summed E-state index contributed by atoms with van der Waals surface area (Å²) in [5, 5.41) is 1.92. The predicted octanol–water partition coefficient (Wildman–Crippen LogP) is 2.37. The second-order valence-corrected chi connectivity index (χ2v) is 5.42. The molecule has 0 aliphatic carbocycles. The van der Waals surface area contributed by atoms with Crippen molar-refractivity contribution in [3.63, 3.8) is 0 Å². The Labute approximate surface area is 132 Å². The third-order valence-electron chi connectivity index (χ3n) is 2.99. The van der Waals surface area contributed by atoms with E-state index < -0.39 is 11.9 Å². The zero-order valence-electron chi connectivity index (χ0n) is 12.7. The molecule has 0 aromatic carbocycles. The van der Waals surface area contributed by atoms with Crippen LogP contribution in [0.1, 0.15) is 18.4 Å². The van der Waals surface area contributed by atoms with Gasteiger partial charge in [-0.25, -0.2) is 14.6 Å². The molecule has 0 spiro atoms. The molecule has 0 saturated heterocycles. The number of ether oxygens (including phenoxy) is 2. The molecule has 0 radical (unpaired) electrons. The molecular weight excluding hydrogens is 304 g/mol. The first-order chi connectivity index (χ1) is 10.5. The highest BCUT2D eigenvalue weighted by molar-refractivity contribution is 8.11. The number of hydrogen-bond acceptors (Lipinski definition) is 6. The Morgan fingerprint density at radius 2 is 1.95 bits per heavy atom. The van der Waals surface area contributed by atoms with Crippen molar-refractivity contribution in [1.29, 1.82) is 0 Å². The van der Waals surface area contributed by atoms with E-state index in [9.17, 15) is 9.59 Å². The van der Waals surface area contributed by atoms with Crippen molar-refractivity contribution in [3.05, 3.63) is 40.8 Å². The average Bonchev–Trinajstić information content (AvgIpc) is 2.91. The molecule has 0 fully saturated rings. The molecule has 0 amide bonds. The molecule has 0 atom stereocenters. The van der Waals surface area contributed by atoms with Crippen LogP contribution in [0, 0.1) is 6.92 Å². The maximum atomic E-state index is 12.1. The summed E-state index contributed by atoms with van der Waals surface area (Å²) in [6.07, 6.45) is 4.47. The van der Waals surface area contributed by atoms with Crippen LogP contribution in [-0.2, 0) is 19.1 Å². The molecule has 1 aromatic heterocycles. The molecule has 2 rings (SSSR count). The average molecular weight is 320 g/mol. The van der Waals surface area contributed by atoms with Crippen LogP contribution in [0.25, 0.3) is 10.6 Å². The molecule has 0 bridgehead atoms. The molecule has 22 heavy (non-hydrogen) atoms. The van der Waals surface area contributed by atoms with Gasteiger partial charge in [-0.2, -0.15) is 0 Å². The summed E-state index contributed by atoms with van der Waals surface area (Å²) in [4.78, 5) is 28.4. The molecule has 1 aliphatic rings. The molecule has 2 heterocycles. The Bertz CT molecular complexity index is 713. The van der Waals surface area contributed by atoms with E-state index in [1.54, 1.807) is 0 Å². The number of imidazole rings is 1. The van der Waals surface area contributed by atoms with Gasteiger partial charge in [0.25, 0.3) is 0 Å². The smallest absolute Gasteiger partial charge is 0.339 e. The van der Waals surface area contributed by atoms with Crippen LogP contribution in [0.4, 0.5) is 0 Å². The highest BCUT2D eigenvalue weighted by Gasteiger charge is 2.23. The molecule has 1 aliphatic heterocycles. The SMILES string of the molecule is COC(=O)/C=C/C(C(=O)OC)=C1/SC=C(C)n2cc(C)nc21. The number of methoxy groups -OCH3 is 2. The van der Waals surface area contributed by atoms with Gasteiger partial charge >= 0.3 is 11.9 Å². The third kappa shape index (κ3) is 3.14. The van der Waals surface area contributed by atoms with Crippen molar-refractivity contribution >= 4 is 34.3 Å². The first kappa shape index (κ1) is 16.1. The van der Waals surface area contributed by atoms with Gasteiger partial charge in [0, 0.05) is 18.0 Å². The lowest BCUT2D eigenvalue weighted by Gasteiger charge is -2.17. The van der Waals surface area contributed by atoms with E-state index in [4.69, 9.17) is 4.74 Å². The number of rotatable bonds is 3. The van der Waals surface area contributed by atoms with Gasteiger partial charge in [-0.3, -0.25) is 0 Å². The van der Waals surface area contributed by atoms with E-state index >= 15 is 0 Å². The van der Waals surface area contributed by atoms with Crippen LogP contribution in [-0.4, -0.2) is 35.7 Å². The number of aromatic nitrogens is 2. The lowest BCUT2D eigenvalue weighted by molar-refractivity contribution is -0.135. The number of carbonyl (C=O) groups is 2. The lowest BCUT2D eigenvalue weighted by Crippen LogP contribution is -2.10. The number of carbonyl (C=O) groups excluding carboxylic acids is 2. The van der Waals surface area contributed by atoms with E-state index in [2.05, 4.69) is 9.72 Å². The van der Waals surface area contributed by atoms with Crippen molar-refractivity contribution in [3.8, 4) is 0 Å². The number of fused-ring (bicyclic) bond motifs is 1. The van der Waals surface area contributed by atoms with E-state index in [0.717, 1.165) is 11.4 Å². The van der Waals surface area contributed by atoms with Crippen LogP contribution in [0.5, 0.6) is 0 Å². The maximum Gasteiger partial charge on any atom is 0.339 e. The van der Waals surface area contributed by atoms with E-state index in [1.165, 1.54) is 38.1 Å². The van der Waals surface area contributed by atoms with Gasteiger partial charge < -0.3 is 14.0 Å². The summed E-state index contributed by atoms with van der Waals surface area (Å²) in [5.74, 6) is -0.436. The van der Waals surface area contributed by atoms with Crippen molar-refractivity contribution in [1.82, 2.24) is 9.55 Å². The topological polar surface area (TPSA) is 70.4 Å². The fourth-order valence-electron chi connectivity index (χ4n) is 1.93. The third-order valence-corrected chi connectivity index (χ3v) is 4.09. The first-order valence-corrected chi connectivity index (χ1v) is 7.34. The van der Waals surface area contributed by atoms with Gasteiger partial charge in [-0.05, 0) is 25.3 Å². The zero-order chi connectivity index (χ0) is 16.3. The minimum atomic E-state index is -0.547. The van der Waals surface area contributed by atoms with Gasteiger partial charge in [-0.15, -0.1) is 0 Å². The monoisotopic (exact) mass is 320 g/mol. The Balaban J connectivity index is 2.58. The summed E-state index contributed by atoms with van der Waals surface area (Å²) < 4.78 is 11.3. The quantitative estimate of drug-likeness (QED) is 0.629. The fraction of sp³-hybridized carbons (Fsp3) is 0.267. The van der Waals surface area contributed by atoms with Crippen molar-refractivity contribution in [2.24, 2.45) is 0 Å². The molecule has 1 aromatic rings. The first-order valence-electron chi connectivity index (χ1n) is 6.46. The maximum absolute atomic E-state index is 12.1. The highest BCUT2D eigenvalue weighted by atomic mass is 32.2. The van der Waals surface area contributed by atoms with E-state index in [1.807, 2.05) is 30.0 Å². The summed E-state index contributed by atoms with van der Waals surface area (Å²) in [6.45, 7) is 3.83. The largest absolute Gasteiger partial charge is 0.466 e. The number of allylic oxidation sites excluding steroid dienone is 1. The van der Waals surface area contributed by atoms with E-state index in [-0.39, 0.29) is 5.57 Å². The van der Waals surface area contributed by atoms with Gasteiger partial charge in [0.1, 0.15) is 0 Å². The molecule has 0 saturated carbocycles. The van der Waals surface area contributed by atoms with Gasteiger partial charge in [0.2, 0.25) is 0 Å². The summed E-state index contributed by atoms with van der Waals surface area (Å²) in [7, 11) is 2.57. The van der Waals surface area contributed by atoms with Crippen molar-refractivity contribution < 1.29 is 19.1 Å². The second kappa shape index (κ2) is 6.65. The van der Waals surface area contributed by atoms with Gasteiger partial charge in [0.15, 0.2) is 5.82 Å². The fourth-order valence-corrected chi connectivity index (χ4v) is 2.86. The zero-order valence-corrected chi connectivity index (χ0v) is 13.6. The van der Waals surface area contributed by atoms with Gasteiger partial charge in [0.05, 0.1) is 30.4 Å². The number of esters is 2. The van der Waals surface area contributed by atoms with Crippen LogP contribution >= 0.6 is 11.8 Å². The summed E-state index contributed by atoms with van der Waals surface area (Å²) in [6, 6.07) is 0. The predicted molar refractivity (Wildman–Crippen MR) is 84.6 cm³/mol.